The van der Waals surface area contributed by atoms with Crippen LogP contribution in [0.15, 0.2) is 23.2 Å². The Morgan fingerprint density at radius 2 is 2.08 bits per heavy atom. The molecule has 0 aliphatic carbocycles. The van der Waals surface area contributed by atoms with Crippen molar-refractivity contribution in [3.05, 3.63) is 35.1 Å². The van der Waals surface area contributed by atoms with Gasteiger partial charge in [-0.2, -0.15) is 0 Å². The number of halogens is 1. The Morgan fingerprint density at radius 1 is 1.38 bits per heavy atom. The summed E-state index contributed by atoms with van der Waals surface area (Å²) in [7, 11) is 7.02. The van der Waals surface area contributed by atoms with Gasteiger partial charge in [-0.15, -0.1) is 0 Å². The molecule has 144 valence electrons. The molecule has 0 unspecified atom stereocenters. The highest BCUT2D eigenvalue weighted by Crippen LogP contribution is 2.18. The van der Waals surface area contributed by atoms with Crippen LogP contribution >= 0.6 is 0 Å². The van der Waals surface area contributed by atoms with E-state index in [4.69, 9.17) is 4.74 Å². The summed E-state index contributed by atoms with van der Waals surface area (Å²) in [5, 5.41) is 3.34. The number of hydrogen-bond donors (Lipinski definition) is 1. The van der Waals surface area contributed by atoms with Crippen LogP contribution in [0.3, 0.4) is 0 Å². The lowest BCUT2D eigenvalue weighted by Crippen LogP contribution is -2.46. The Balaban J connectivity index is 1.92. The Hall–Kier alpha value is -2.15. The molecule has 7 heteroatoms. The van der Waals surface area contributed by atoms with Gasteiger partial charge in [0, 0.05) is 38.8 Å². The standard InChI is InChI=1S/C19H29FN4O2/c1-21-19(24-9-7-15(8-10-24)18(25)26-4)22-12-14-5-6-17(20)16(11-14)13-23(2)3/h5-6,11,15H,7-10,12-13H2,1-4H3,(H,21,22). The maximum atomic E-state index is 13.9. The Labute approximate surface area is 155 Å². The van der Waals surface area contributed by atoms with E-state index in [0.717, 1.165) is 37.5 Å². The first-order valence-electron chi connectivity index (χ1n) is 8.90. The smallest absolute Gasteiger partial charge is 0.308 e. The van der Waals surface area contributed by atoms with E-state index in [9.17, 15) is 9.18 Å². The van der Waals surface area contributed by atoms with Crippen molar-refractivity contribution in [3.8, 4) is 0 Å². The molecule has 0 bridgehead atoms. The molecule has 0 radical (unpaired) electrons. The highest BCUT2D eigenvalue weighted by atomic mass is 19.1. The molecule has 0 saturated carbocycles. The SMILES string of the molecule is CN=C(NCc1ccc(F)c(CN(C)C)c1)N1CCC(C(=O)OC)CC1. The van der Waals surface area contributed by atoms with Crippen LogP contribution in [0.1, 0.15) is 24.0 Å². The van der Waals surface area contributed by atoms with Crippen LogP contribution in [0.4, 0.5) is 4.39 Å². The second-order valence-corrected chi connectivity index (χ2v) is 6.85. The molecule has 1 aliphatic rings. The number of hydrogen-bond acceptors (Lipinski definition) is 4. The number of methoxy groups -OCH3 is 1. The minimum absolute atomic E-state index is 0.0277. The fourth-order valence-corrected chi connectivity index (χ4v) is 3.21. The van der Waals surface area contributed by atoms with Crippen molar-refractivity contribution in [3.63, 3.8) is 0 Å². The molecule has 6 nitrogen and oxygen atoms in total. The number of nitrogens with zero attached hydrogens (tertiary/aromatic N) is 3. The number of piperidine rings is 1. The lowest BCUT2D eigenvalue weighted by Gasteiger charge is -2.33. The highest BCUT2D eigenvalue weighted by molar-refractivity contribution is 5.80. The van der Waals surface area contributed by atoms with Crippen molar-refractivity contribution in [2.24, 2.45) is 10.9 Å². The van der Waals surface area contributed by atoms with Crippen molar-refractivity contribution in [2.75, 3.05) is 41.3 Å². The van der Waals surface area contributed by atoms with E-state index >= 15 is 0 Å². The number of carbonyl (C=O) groups is 1. The number of ether oxygens (including phenoxy) is 1. The van der Waals surface area contributed by atoms with Crippen LogP contribution in [-0.2, 0) is 22.6 Å². The molecule has 0 aromatic heterocycles. The summed E-state index contributed by atoms with van der Waals surface area (Å²) in [4.78, 5) is 20.1. The molecule has 1 aromatic rings. The van der Waals surface area contributed by atoms with Gasteiger partial charge in [-0.3, -0.25) is 9.79 Å². The number of esters is 1. The minimum atomic E-state index is -0.184. The first-order chi connectivity index (χ1) is 12.4. The van der Waals surface area contributed by atoms with Gasteiger partial charge >= 0.3 is 5.97 Å². The van der Waals surface area contributed by atoms with E-state index in [1.54, 1.807) is 13.1 Å². The third-order valence-electron chi connectivity index (χ3n) is 4.59. The second-order valence-electron chi connectivity index (χ2n) is 6.85. The van der Waals surface area contributed by atoms with E-state index in [0.29, 0.717) is 18.7 Å². The molecule has 1 N–H and O–H groups in total. The molecule has 0 atom stereocenters. The highest BCUT2D eigenvalue weighted by Gasteiger charge is 2.26. The molecule has 1 heterocycles. The monoisotopic (exact) mass is 364 g/mol. The number of rotatable bonds is 5. The zero-order valence-electron chi connectivity index (χ0n) is 16.1. The topological polar surface area (TPSA) is 57.2 Å². The summed E-state index contributed by atoms with van der Waals surface area (Å²) in [6.45, 7) is 2.66. The Kier molecular flexibility index (Phi) is 7.38. The molecular formula is C19H29FN4O2. The first-order valence-corrected chi connectivity index (χ1v) is 8.90. The Bertz CT molecular complexity index is 640. The summed E-state index contributed by atoms with van der Waals surface area (Å²) in [6, 6.07) is 5.19. The minimum Gasteiger partial charge on any atom is -0.469 e. The zero-order chi connectivity index (χ0) is 19.1. The number of carbonyl (C=O) groups excluding carboxylic acids is 1. The molecule has 1 fully saturated rings. The molecule has 0 amide bonds. The normalized spacial score (nSPS) is 16.1. The molecule has 26 heavy (non-hydrogen) atoms. The zero-order valence-corrected chi connectivity index (χ0v) is 16.1. The average Bonchev–Trinajstić information content (AvgIpc) is 2.64. The van der Waals surface area contributed by atoms with Crippen molar-refractivity contribution < 1.29 is 13.9 Å². The summed E-state index contributed by atoms with van der Waals surface area (Å²) in [6.07, 6.45) is 1.52. The largest absolute Gasteiger partial charge is 0.469 e. The van der Waals surface area contributed by atoms with Gasteiger partial charge in [-0.25, -0.2) is 4.39 Å². The van der Waals surface area contributed by atoms with Gasteiger partial charge in [0.2, 0.25) is 0 Å². The average molecular weight is 364 g/mol. The van der Waals surface area contributed by atoms with Crippen LogP contribution in [0.25, 0.3) is 0 Å². The fourth-order valence-electron chi connectivity index (χ4n) is 3.21. The van der Waals surface area contributed by atoms with Crippen LogP contribution in [-0.4, -0.2) is 63.1 Å². The van der Waals surface area contributed by atoms with Crippen molar-refractivity contribution in [1.29, 1.82) is 0 Å². The van der Waals surface area contributed by atoms with Gasteiger partial charge in [-0.05, 0) is 44.6 Å². The maximum absolute atomic E-state index is 13.9. The second kappa shape index (κ2) is 9.52. The molecule has 2 rings (SSSR count). The third kappa shape index (κ3) is 5.42. The van der Waals surface area contributed by atoms with Crippen LogP contribution in [0.5, 0.6) is 0 Å². The van der Waals surface area contributed by atoms with E-state index in [1.807, 2.05) is 25.1 Å². The van der Waals surface area contributed by atoms with Gasteiger partial charge in [0.15, 0.2) is 5.96 Å². The van der Waals surface area contributed by atoms with E-state index in [1.165, 1.54) is 13.2 Å². The lowest BCUT2D eigenvalue weighted by molar-refractivity contribution is -0.146. The van der Waals surface area contributed by atoms with Gasteiger partial charge in [0.25, 0.3) is 0 Å². The third-order valence-corrected chi connectivity index (χ3v) is 4.59. The maximum Gasteiger partial charge on any atom is 0.308 e. The summed E-state index contributed by atoms with van der Waals surface area (Å²) in [5.41, 5.74) is 1.69. The summed E-state index contributed by atoms with van der Waals surface area (Å²) >= 11 is 0. The van der Waals surface area contributed by atoms with Gasteiger partial charge in [-0.1, -0.05) is 6.07 Å². The number of nitrogens with one attached hydrogen (secondary N) is 1. The van der Waals surface area contributed by atoms with Crippen LogP contribution in [0, 0.1) is 11.7 Å². The summed E-state index contributed by atoms with van der Waals surface area (Å²) < 4.78 is 18.7. The molecule has 1 saturated heterocycles. The molecular weight excluding hydrogens is 335 g/mol. The summed E-state index contributed by atoms with van der Waals surface area (Å²) in [5.74, 6) is 0.455. The van der Waals surface area contributed by atoms with Crippen LogP contribution < -0.4 is 5.32 Å². The van der Waals surface area contributed by atoms with Crippen LogP contribution in [0.2, 0.25) is 0 Å². The van der Waals surface area contributed by atoms with E-state index in [-0.39, 0.29) is 17.7 Å². The Morgan fingerprint density at radius 3 is 2.65 bits per heavy atom. The number of benzene rings is 1. The fraction of sp³-hybridized carbons (Fsp3) is 0.579. The van der Waals surface area contributed by atoms with Gasteiger partial charge in [0.05, 0.1) is 13.0 Å². The van der Waals surface area contributed by atoms with E-state index < -0.39 is 0 Å². The van der Waals surface area contributed by atoms with Crippen molar-refractivity contribution in [1.82, 2.24) is 15.1 Å². The van der Waals surface area contributed by atoms with Crippen molar-refractivity contribution >= 4 is 11.9 Å². The van der Waals surface area contributed by atoms with Gasteiger partial charge in [0.1, 0.15) is 5.82 Å². The number of guanidine groups is 1. The van der Waals surface area contributed by atoms with Gasteiger partial charge < -0.3 is 19.9 Å². The first kappa shape index (κ1) is 20.2. The molecule has 0 spiro atoms. The van der Waals surface area contributed by atoms with E-state index in [2.05, 4.69) is 15.2 Å². The predicted octanol–water partition coefficient (Wildman–Crippen LogP) is 1.85. The van der Waals surface area contributed by atoms with Crippen molar-refractivity contribution in [2.45, 2.75) is 25.9 Å². The number of likely N-dealkylation sites (tertiary alicyclic amines) is 1. The lowest BCUT2D eigenvalue weighted by atomic mass is 9.97. The molecule has 1 aromatic carbocycles. The molecule has 1 aliphatic heterocycles. The predicted molar refractivity (Wildman–Crippen MR) is 100 cm³/mol. The quantitative estimate of drug-likeness (QED) is 0.491. The number of aliphatic imine (C=N–C) groups is 1.